The molecule has 0 saturated carbocycles. The van der Waals surface area contributed by atoms with Crippen LogP contribution in [0.15, 0.2) is 182 Å². The molecule has 354 valence electrons. The molecule has 0 aliphatic rings. The summed E-state index contributed by atoms with van der Waals surface area (Å²) < 4.78 is 5.23. The minimum Gasteiger partial charge on any atom is -0.310 e. The fourth-order valence-corrected chi connectivity index (χ4v) is 12.2. The molecular formula is C68H62N4. The van der Waals surface area contributed by atoms with Gasteiger partial charge in [0, 0.05) is 65.8 Å². The van der Waals surface area contributed by atoms with Gasteiger partial charge in [-0.25, -0.2) is 0 Å². The van der Waals surface area contributed by atoms with Crippen molar-refractivity contribution in [1.82, 2.24) is 8.80 Å². The molecule has 72 heavy (non-hydrogen) atoms. The molecule has 0 N–H and O–H groups in total. The van der Waals surface area contributed by atoms with E-state index in [0.29, 0.717) is 11.8 Å². The molecule has 0 aliphatic carbocycles. The predicted octanol–water partition coefficient (Wildman–Crippen LogP) is 19.8. The Bertz CT molecular complexity index is 3920. The first-order valence-electron chi connectivity index (χ1n) is 26.0. The Hall–Kier alpha value is -7.82. The summed E-state index contributed by atoms with van der Waals surface area (Å²) in [7, 11) is 0. The fourth-order valence-electron chi connectivity index (χ4n) is 12.2. The van der Waals surface area contributed by atoms with Gasteiger partial charge in [0.1, 0.15) is 0 Å². The van der Waals surface area contributed by atoms with E-state index in [-0.39, 0.29) is 10.8 Å². The second kappa shape index (κ2) is 15.8. The minimum atomic E-state index is -0.162. The summed E-state index contributed by atoms with van der Waals surface area (Å²) in [6, 6.07) is 69.0. The SMILES string of the molecule is CC(C)c1ccc(N(c2ccccc2)c2cc(C(C)(C)C)c3c4ccccc4n4c5cc6c7c(N(c8ccccc8)c8ccc(C(C)C)cc8)cc(C(C)(C)C)c8c9ccccc9n(c6cc5c2c34)c78)cc1. The van der Waals surface area contributed by atoms with E-state index in [1.54, 1.807) is 0 Å². The second-order valence-electron chi connectivity index (χ2n) is 23.0. The Kier molecular flexibility index (Phi) is 9.71. The van der Waals surface area contributed by atoms with Crippen molar-refractivity contribution in [2.75, 3.05) is 9.80 Å². The molecule has 4 aromatic heterocycles. The summed E-state index contributed by atoms with van der Waals surface area (Å²) in [4.78, 5) is 5.04. The lowest BCUT2D eigenvalue weighted by Crippen LogP contribution is -2.15. The largest absolute Gasteiger partial charge is 0.310 e. The van der Waals surface area contributed by atoms with E-state index >= 15 is 0 Å². The Labute approximate surface area is 423 Å². The lowest BCUT2D eigenvalue weighted by atomic mass is 9.82. The zero-order valence-corrected chi connectivity index (χ0v) is 43.3. The number of aromatic nitrogens is 2. The van der Waals surface area contributed by atoms with E-state index in [2.05, 4.69) is 270 Å². The molecule has 13 rings (SSSR count). The number of fused-ring (bicyclic) bond motifs is 12. The van der Waals surface area contributed by atoms with E-state index < -0.39 is 0 Å². The number of hydrogen-bond acceptors (Lipinski definition) is 2. The third kappa shape index (κ3) is 6.43. The lowest BCUT2D eigenvalue weighted by Gasteiger charge is -2.30. The molecule has 4 heteroatoms. The molecule has 0 saturated heterocycles. The Morgan fingerprint density at radius 2 is 0.667 bits per heavy atom. The van der Waals surface area contributed by atoms with Crippen LogP contribution in [-0.4, -0.2) is 8.80 Å². The summed E-state index contributed by atoms with van der Waals surface area (Å²) in [5, 5.41) is 10.3. The highest BCUT2D eigenvalue weighted by atomic mass is 15.2. The molecule has 0 amide bonds. The van der Waals surface area contributed by atoms with Crippen LogP contribution in [0, 0.1) is 0 Å². The average Bonchev–Trinajstić information content (AvgIpc) is 4.10. The molecule has 0 bridgehead atoms. The van der Waals surface area contributed by atoms with Crippen molar-refractivity contribution in [3.05, 3.63) is 204 Å². The highest BCUT2D eigenvalue weighted by Gasteiger charge is 2.33. The van der Waals surface area contributed by atoms with Gasteiger partial charge in [-0.05, 0) is 130 Å². The van der Waals surface area contributed by atoms with Gasteiger partial charge in [-0.15, -0.1) is 0 Å². The number of nitrogens with zero attached hydrogens (tertiary/aromatic N) is 4. The third-order valence-corrected chi connectivity index (χ3v) is 15.7. The normalized spacial score (nSPS) is 12.8. The number of benzene rings is 9. The maximum absolute atomic E-state index is 2.62. The number of anilines is 6. The van der Waals surface area contributed by atoms with Crippen molar-refractivity contribution in [2.24, 2.45) is 0 Å². The van der Waals surface area contributed by atoms with Crippen molar-refractivity contribution >= 4 is 110 Å². The van der Waals surface area contributed by atoms with Crippen molar-refractivity contribution in [3.63, 3.8) is 0 Å². The second-order valence-corrected chi connectivity index (χ2v) is 23.0. The quantitative estimate of drug-likeness (QED) is 0.151. The van der Waals surface area contributed by atoms with Crippen LogP contribution in [0.5, 0.6) is 0 Å². The first-order chi connectivity index (χ1) is 34.7. The van der Waals surface area contributed by atoms with Gasteiger partial charge in [0.25, 0.3) is 0 Å². The Balaban J connectivity index is 1.25. The average molecular weight is 935 g/mol. The van der Waals surface area contributed by atoms with Gasteiger partial charge < -0.3 is 18.6 Å². The number of rotatable bonds is 8. The van der Waals surface area contributed by atoms with Crippen LogP contribution in [0.4, 0.5) is 34.1 Å². The van der Waals surface area contributed by atoms with Crippen molar-refractivity contribution in [2.45, 2.75) is 91.9 Å². The standard InChI is InChI=1S/C68H62N4/c1-41(2)43-29-33-47(34-30-43)69(45-21-13-11-14-22-45)59-39-53(67(5,6)7)61-49-25-17-19-27-55(49)71-57-38-52-58(37-51(57)63(59)65(61)71)72-56-28-20-18-26-50(56)62-54(68(8,9)10)40-60(64(52)66(62)72)70(46-23-15-12-16-24-46)48-35-31-44(32-36-48)42(3)4/h11-42H,1-10H3. The molecule has 0 atom stereocenters. The molecule has 4 nitrogen and oxygen atoms in total. The summed E-state index contributed by atoms with van der Waals surface area (Å²) in [6.07, 6.45) is 0. The van der Waals surface area contributed by atoms with Crippen LogP contribution in [0.25, 0.3) is 76.2 Å². The van der Waals surface area contributed by atoms with Gasteiger partial charge in [-0.3, -0.25) is 0 Å². The van der Waals surface area contributed by atoms with Crippen LogP contribution in [0.1, 0.15) is 103 Å². The van der Waals surface area contributed by atoms with Crippen LogP contribution in [-0.2, 0) is 10.8 Å². The monoisotopic (exact) mass is 934 g/mol. The maximum Gasteiger partial charge on any atom is 0.0644 e. The van der Waals surface area contributed by atoms with Gasteiger partial charge in [-0.2, -0.15) is 0 Å². The number of hydrogen-bond donors (Lipinski definition) is 0. The fraction of sp³-hybridized carbons (Fsp3) is 0.206. The smallest absolute Gasteiger partial charge is 0.0644 e. The van der Waals surface area contributed by atoms with Gasteiger partial charge >= 0.3 is 0 Å². The molecule has 0 unspecified atom stereocenters. The molecule has 4 heterocycles. The maximum atomic E-state index is 2.62. The van der Waals surface area contributed by atoms with Crippen LogP contribution in [0.2, 0.25) is 0 Å². The minimum absolute atomic E-state index is 0.162. The summed E-state index contributed by atoms with van der Waals surface area (Å²) in [6.45, 7) is 23.4. The zero-order valence-electron chi connectivity index (χ0n) is 43.3. The molecular weight excluding hydrogens is 873 g/mol. The topological polar surface area (TPSA) is 15.3 Å². The molecule has 0 aliphatic heterocycles. The van der Waals surface area contributed by atoms with Gasteiger partial charge in [-0.1, -0.05) is 166 Å². The van der Waals surface area contributed by atoms with E-state index in [0.717, 1.165) is 22.7 Å². The van der Waals surface area contributed by atoms with Gasteiger partial charge in [0.15, 0.2) is 0 Å². The van der Waals surface area contributed by atoms with E-state index in [4.69, 9.17) is 0 Å². The summed E-state index contributed by atoms with van der Waals surface area (Å²) in [5.74, 6) is 0.863. The summed E-state index contributed by atoms with van der Waals surface area (Å²) in [5.41, 5.74) is 19.4. The van der Waals surface area contributed by atoms with E-state index in [1.807, 2.05) is 0 Å². The third-order valence-electron chi connectivity index (χ3n) is 15.7. The molecule has 0 spiro atoms. The predicted molar refractivity (Wildman–Crippen MR) is 311 cm³/mol. The zero-order chi connectivity index (χ0) is 49.5. The number of para-hydroxylation sites is 4. The van der Waals surface area contributed by atoms with Crippen LogP contribution in [0.3, 0.4) is 0 Å². The Morgan fingerprint density at radius 3 is 1.01 bits per heavy atom. The van der Waals surface area contributed by atoms with Crippen molar-refractivity contribution in [3.8, 4) is 0 Å². The highest BCUT2D eigenvalue weighted by Crippen LogP contribution is 2.55. The van der Waals surface area contributed by atoms with Gasteiger partial charge in [0.2, 0.25) is 0 Å². The Morgan fingerprint density at radius 1 is 0.333 bits per heavy atom. The molecule has 0 fully saturated rings. The highest BCUT2D eigenvalue weighted by molar-refractivity contribution is 6.34. The van der Waals surface area contributed by atoms with Crippen molar-refractivity contribution < 1.29 is 0 Å². The first-order valence-corrected chi connectivity index (χ1v) is 26.0. The van der Waals surface area contributed by atoms with Crippen LogP contribution >= 0.6 is 0 Å². The molecule has 0 radical (unpaired) electrons. The van der Waals surface area contributed by atoms with Gasteiger partial charge in [0.05, 0.1) is 44.5 Å². The van der Waals surface area contributed by atoms with Crippen LogP contribution < -0.4 is 9.80 Å². The summed E-state index contributed by atoms with van der Waals surface area (Å²) >= 11 is 0. The van der Waals surface area contributed by atoms with E-state index in [9.17, 15) is 0 Å². The first kappa shape index (κ1) is 44.1. The van der Waals surface area contributed by atoms with E-state index in [1.165, 1.54) is 110 Å². The molecule has 9 aromatic carbocycles. The lowest BCUT2D eigenvalue weighted by molar-refractivity contribution is 0.596. The molecule has 13 aromatic rings. The van der Waals surface area contributed by atoms with Crippen molar-refractivity contribution in [1.29, 1.82) is 0 Å².